The van der Waals surface area contributed by atoms with Crippen LogP contribution in [0.4, 0.5) is 11.4 Å². The molecule has 0 saturated heterocycles. The predicted molar refractivity (Wildman–Crippen MR) is 134 cm³/mol. The van der Waals surface area contributed by atoms with Gasteiger partial charge >= 0.3 is 0 Å². The monoisotopic (exact) mass is 477 g/mol. The second-order valence-electron chi connectivity index (χ2n) is 8.76. The highest BCUT2D eigenvalue weighted by molar-refractivity contribution is 8.00. The van der Waals surface area contributed by atoms with Crippen LogP contribution in [0.3, 0.4) is 0 Å². The first-order chi connectivity index (χ1) is 16.6. The van der Waals surface area contributed by atoms with Crippen molar-refractivity contribution in [3.05, 3.63) is 48.7 Å². The number of carbonyl (C=O) groups is 2. The van der Waals surface area contributed by atoms with Crippen LogP contribution < -0.4 is 20.1 Å². The number of rotatable bonds is 6. The quantitative estimate of drug-likeness (QED) is 0.513. The molecule has 176 valence electrons. The van der Waals surface area contributed by atoms with E-state index in [0.29, 0.717) is 18.3 Å². The van der Waals surface area contributed by atoms with Crippen molar-refractivity contribution in [3.8, 4) is 11.5 Å². The first-order valence-electron chi connectivity index (χ1n) is 11.5. The van der Waals surface area contributed by atoms with Crippen molar-refractivity contribution in [3.63, 3.8) is 0 Å². The molecule has 2 aromatic carbocycles. The second kappa shape index (κ2) is 9.93. The standard InChI is InChI=1S/C26H27N3O4S/c1-32-19-7-8-21-20(13-19)23(10-11-27-21)33-14-16-2-4-17(5-3-16)26(31)28-18-6-9-24-22(12-18)29-25(30)15-34-24/h6-13,16-17H,2-5,14-15H2,1H3,(H,28,31)(H,29,30). The van der Waals surface area contributed by atoms with Crippen LogP contribution in [0, 0.1) is 11.8 Å². The van der Waals surface area contributed by atoms with Gasteiger partial charge in [0.25, 0.3) is 0 Å². The van der Waals surface area contributed by atoms with Gasteiger partial charge in [0.2, 0.25) is 11.8 Å². The van der Waals surface area contributed by atoms with E-state index in [0.717, 1.165) is 64.4 Å². The zero-order valence-electron chi connectivity index (χ0n) is 19.0. The summed E-state index contributed by atoms with van der Waals surface area (Å²) in [4.78, 5) is 29.9. The zero-order valence-corrected chi connectivity index (χ0v) is 19.8. The van der Waals surface area contributed by atoms with E-state index in [2.05, 4.69) is 15.6 Å². The summed E-state index contributed by atoms with van der Waals surface area (Å²) < 4.78 is 11.5. The first-order valence-corrected chi connectivity index (χ1v) is 12.5. The molecule has 3 aromatic rings. The highest BCUT2D eigenvalue weighted by Crippen LogP contribution is 2.35. The SMILES string of the molecule is COc1ccc2nccc(OCC3CCC(C(=O)Nc4ccc5c(c4)NC(=O)CS5)CC3)c2c1. The fraction of sp³-hybridized carbons (Fsp3) is 0.346. The fourth-order valence-electron chi connectivity index (χ4n) is 4.56. The van der Waals surface area contributed by atoms with Gasteiger partial charge in [0.1, 0.15) is 11.5 Å². The van der Waals surface area contributed by atoms with Gasteiger partial charge in [-0.05, 0) is 74.1 Å². The number of nitrogens with one attached hydrogen (secondary N) is 2. The third kappa shape index (κ3) is 4.97. The number of ether oxygens (including phenoxy) is 2. The van der Waals surface area contributed by atoms with Crippen molar-refractivity contribution in [1.82, 2.24) is 4.98 Å². The number of thioether (sulfide) groups is 1. The normalized spacial score (nSPS) is 19.7. The Kier molecular flexibility index (Phi) is 6.58. The third-order valence-corrected chi connectivity index (χ3v) is 7.55. The molecule has 0 atom stereocenters. The fourth-order valence-corrected chi connectivity index (χ4v) is 5.35. The lowest BCUT2D eigenvalue weighted by Crippen LogP contribution is -2.29. The van der Waals surface area contributed by atoms with E-state index in [1.807, 2.05) is 42.5 Å². The van der Waals surface area contributed by atoms with E-state index in [9.17, 15) is 9.59 Å². The molecule has 34 heavy (non-hydrogen) atoms. The molecule has 2 heterocycles. The molecule has 2 N–H and O–H groups in total. The number of benzene rings is 2. The molecule has 2 aliphatic rings. The van der Waals surface area contributed by atoms with E-state index in [1.165, 1.54) is 11.8 Å². The van der Waals surface area contributed by atoms with Crippen LogP contribution in [0.1, 0.15) is 25.7 Å². The maximum absolute atomic E-state index is 12.8. The molecular weight excluding hydrogens is 450 g/mol. The summed E-state index contributed by atoms with van der Waals surface area (Å²) in [7, 11) is 1.65. The maximum Gasteiger partial charge on any atom is 0.234 e. The molecule has 1 aromatic heterocycles. The van der Waals surface area contributed by atoms with Crippen molar-refractivity contribution in [2.45, 2.75) is 30.6 Å². The number of hydrogen-bond acceptors (Lipinski definition) is 6. The van der Waals surface area contributed by atoms with E-state index in [1.54, 1.807) is 13.3 Å². The number of nitrogens with zero attached hydrogens (tertiary/aromatic N) is 1. The Morgan fingerprint density at radius 2 is 2.00 bits per heavy atom. The predicted octanol–water partition coefficient (Wildman–Crippen LogP) is 5.11. The van der Waals surface area contributed by atoms with Gasteiger partial charge in [-0.2, -0.15) is 0 Å². The topological polar surface area (TPSA) is 89.6 Å². The molecule has 0 bridgehead atoms. The number of aromatic nitrogens is 1. The Bertz CT molecular complexity index is 1220. The molecule has 1 saturated carbocycles. The maximum atomic E-state index is 12.8. The van der Waals surface area contributed by atoms with Gasteiger partial charge < -0.3 is 20.1 Å². The summed E-state index contributed by atoms with van der Waals surface area (Å²) in [5.74, 6) is 2.44. The number of carbonyl (C=O) groups excluding carboxylic acids is 2. The highest BCUT2D eigenvalue weighted by Gasteiger charge is 2.27. The largest absolute Gasteiger partial charge is 0.497 e. The minimum absolute atomic E-state index is 0.0118. The number of amides is 2. The smallest absolute Gasteiger partial charge is 0.234 e. The minimum atomic E-state index is -0.0135. The van der Waals surface area contributed by atoms with E-state index >= 15 is 0 Å². The van der Waals surface area contributed by atoms with Crippen LogP contribution in [0.15, 0.2) is 53.6 Å². The number of anilines is 2. The lowest BCUT2D eigenvalue weighted by atomic mass is 9.82. The van der Waals surface area contributed by atoms with Crippen molar-refractivity contribution in [2.24, 2.45) is 11.8 Å². The van der Waals surface area contributed by atoms with Crippen LogP contribution in [-0.2, 0) is 9.59 Å². The Morgan fingerprint density at radius 1 is 1.15 bits per heavy atom. The molecule has 1 aliphatic heterocycles. The van der Waals surface area contributed by atoms with Crippen LogP contribution in [0.2, 0.25) is 0 Å². The van der Waals surface area contributed by atoms with Gasteiger partial charge in [0.05, 0.1) is 30.7 Å². The first kappa shape index (κ1) is 22.5. The number of pyridine rings is 1. The summed E-state index contributed by atoms with van der Waals surface area (Å²) >= 11 is 1.51. The molecular formula is C26H27N3O4S. The van der Waals surface area contributed by atoms with Gasteiger partial charge in [-0.15, -0.1) is 11.8 Å². The molecule has 1 aliphatic carbocycles. The van der Waals surface area contributed by atoms with Gasteiger partial charge in [-0.1, -0.05) is 0 Å². The average Bonchev–Trinajstić information content (AvgIpc) is 2.87. The summed E-state index contributed by atoms with van der Waals surface area (Å²) in [6, 6.07) is 13.3. The van der Waals surface area contributed by atoms with E-state index in [-0.39, 0.29) is 17.7 Å². The summed E-state index contributed by atoms with van der Waals surface area (Å²) in [5, 5.41) is 6.84. The van der Waals surface area contributed by atoms with Crippen LogP contribution in [0.25, 0.3) is 10.9 Å². The number of hydrogen-bond donors (Lipinski definition) is 2. The molecule has 1 fully saturated rings. The van der Waals surface area contributed by atoms with Crippen molar-refractivity contribution >= 4 is 45.9 Å². The summed E-state index contributed by atoms with van der Waals surface area (Å²) in [6.07, 6.45) is 5.32. The molecule has 5 rings (SSSR count). The van der Waals surface area contributed by atoms with Gasteiger partial charge in [-0.3, -0.25) is 14.6 Å². The van der Waals surface area contributed by atoms with Crippen molar-refractivity contribution < 1.29 is 19.1 Å². The molecule has 2 amide bonds. The van der Waals surface area contributed by atoms with Gasteiger partial charge in [0, 0.05) is 28.1 Å². The number of fused-ring (bicyclic) bond motifs is 2. The van der Waals surface area contributed by atoms with Crippen LogP contribution in [0.5, 0.6) is 11.5 Å². The van der Waals surface area contributed by atoms with E-state index in [4.69, 9.17) is 9.47 Å². The third-order valence-electron chi connectivity index (χ3n) is 6.48. The minimum Gasteiger partial charge on any atom is -0.497 e. The zero-order chi connectivity index (χ0) is 23.5. The average molecular weight is 478 g/mol. The summed E-state index contributed by atoms with van der Waals surface area (Å²) in [5.41, 5.74) is 2.36. The highest BCUT2D eigenvalue weighted by atomic mass is 32.2. The van der Waals surface area contributed by atoms with E-state index < -0.39 is 0 Å². The van der Waals surface area contributed by atoms with Crippen LogP contribution in [-0.4, -0.2) is 36.3 Å². The Hall–Kier alpha value is -3.26. The Morgan fingerprint density at radius 3 is 2.82 bits per heavy atom. The van der Waals surface area contributed by atoms with Gasteiger partial charge in [0.15, 0.2) is 0 Å². The lowest BCUT2D eigenvalue weighted by molar-refractivity contribution is -0.121. The Labute approximate surface area is 202 Å². The van der Waals surface area contributed by atoms with Crippen LogP contribution >= 0.6 is 11.8 Å². The molecule has 8 heteroatoms. The summed E-state index contributed by atoms with van der Waals surface area (Å²) in [6.45, 7) is 0.618. The number of methoxy groups -OCH3 is 1. The van der Waals surface area contributed by atoms with Crippen molar-refractivity contribution in [1.29, 1.82) is 0 Å². The van der Waals surface area contributed by atoms with Gasteiger partial charge in [-0.25, -0.2) is 0 Å². The molecule has 7 nitrogen and oxygen atoms in total. The molecule has 0 spiro atoms. The lowest BCUT2D eigenvalue weighted by Gasteiger charge is -2.28. The van der Waals surface area contributed by atoms with Crippen molar-refractivity contribution in [2.75, 3.05) is 30.1 Å². The second-order valence-corrected chi connectivity index (χ2v) is 9.78. The Balaban J connectivity index is 1.14. The molecule has 0 unspecified atom stereocenters. The molecule has 0 radical (unpaired) electrons.